The summed E-state index contributed by atoms with van der Waals surface area (Å²) in [5, 5.41) is 3.25. The molecule has 4 N–H and O–H groups in total. The molecule has 2 saturated heterocycles. The number of rotatable bonds is 4. The normalized spacial score (nSPS) is 26.8. The summed E-state index contributed by atoms with van der Waals surface area (Å²) >= 11 is 0. The fourth-order valence-electron chi connectivity index (χ4n) is 3.66. The molecule has 2 atom stereocenters. The molecule has 3 rings (SSSR count). The van der Waals surface area contributed by atoms with E-state index < -0.39 is 0 Å². The van der Waals surface area contributed by atoms with Crippen molar-refractivity contribution in [1.82, 2.24) is 20.5 Å². The highest BCUT2D eigenvalue weighted by Gasteiger charge is 2.31. The van der Waals surface area contributed by atoms with Gasteiger partial charge in [0.15, 0.2) is 0 Å². The van der Waals surface area contributed by atoms with E-state index in [-0.39, 0.29) is 11.9 Å². The molecule has 6 heteroatoms. The zero-order valence-electron chi connectivity index (χ0n) is 13.6. The maximum Gasteiger partial charge on any atom is 0.251 e. The number of hydrazine groups is 1. The largest absolute Gasteiger partial charge is 0.306 e. The Morgan fingerprint density at radius 3 is 2.65 bits per heavy atom. The van der Waals surface area contributed by atoms with Gasteiger partial charge >= 0.3 is 0 Å². The number of amides is 1. The molecule has 1 aromatic carbocycles. The Kier molecular flexibility index (Phi) is 5.61. The number of benzene rings is 1. The van der Waals surface area contributed by atoms with Crippen LogP contribution in [0.4, 0.5) is 0 Å². The van der Waals surface area contributed by atoms with Gasteiger partial charge in [0.25, 0.3) is 5.91 Å². The lowest BCUT2D eigenvalue weighted by atomic mass is 9.96. The Bertz CT molecular complexity index is 501. The van der Waals surface area contributed by atoms with E-state index in [2.05, 4.69) is 50.9 Å². The molecule has 126 valence electrons. The van der Waals surface area contributed by atoms with Crippen molar-refractivity contribution in [2.45, 2.75) is 31.5 Å². The number of nitrogens with one attached hydrogen (secondary N) is 2. The van der Waals surface area contributed by atoms with Crippen LogP contribution in [-0.2, 0) is 11.3 Å². The number of nitrogens with zero attached hydrogens (tertiary/aromatic N) is 2. The summed E-state index contributed by atoms with van der Waals surface area (Å²) in [6.45, 7) is 6.24. The second-order valence-electron chi connectivity index (χ2n) is 6.49. The van der Waals surface area contributed by atoms with E-state index in [4.69, 9.17) is 5.84 Å². The topological polar surface area (TPSA) is 73.6 Å². The van der Waals surface area contributed by atoms with Gasteiger partial charge in [0.05, 0.1) is 6.04 Å². The van der Waals surface area contributed by atoms with E-state index in [1.807, 2.05) is 0 Å². The zero-order valence-corrected chi connectivity index (χ0v) is 13.6. The van der Waals surface area contributed by atoms with Gasteiger partial charge in [-0.15, -0.1) is 0 Å². The van der Waals surface area contributed by atoms with E-state index in [0.29, 0.717) is 6.04 Å². The van der Waals surface area contributed by atoms with Crippen LogP contribution in [0, 0.1) is 0 Å². The van der Waals surface area contributed by atoms with Crippen LogP contribution in [-0.4, -0.2) is 60.5 Å². The lowest BCUT2D eigenvalue weighted by Gasteiger charge is -2.42. The summed E-state index contributed by atoms with van der Waals surface area (Å²) in [5.41, 5.74) is 3.64. The van der Waals surface area contributed by atoms with Crippen molar-refractivity contribution < 1.29 is 4.79 Å². The van der Waals surface area contributed by atoms with Crippen molar-refractivity contribution in [1.29, 1.82) is 0 Å². The number of carbonyl (C=O) groups excluding carboxylic acids is 1. The average Bonchev–Trinajstić information content (AvgIpc) is 2.62. The van der Waals surface area contributed by atoms with Gasteiger partial charge in [0.2, 0.25) is 0 Å². The first kappa shape index (κ1) is 16.4. The number of hydrogen-bond donors (Lipinski definition) is 3. The van der Waals surface area contributed by atoms with E-state index >= 15 is 0 Å². The second-order valence-corrected chi connectivity index (χ2v) is 6.49. The summed E-state index contributed by atoms with van der Waals surface area (Å²) in [7, 11) is 0. The lowest BCUT2D eigenvalue weighted by molar-refractivity contribution is -0.124. The Labute approximate surface area is 138 Å². The van der Waals surface area contributed by atoms with E-state index in [9.17, 15) is 4.79 Å². The van der Waals surface area contributed by atoms with Gasteiger partial charge in [-0.25, -0.2) is 5.84 Å². The molecule has 2 aliphatic rings. The number of hydrogen-bond acceptors (Lipinski definition) is 5. The van der Waals surface area contributed by atoms with E-state index in [1.54, 1.807) is 0 Å². The van der Waals surface area contributed by atoms with Gasteiger partial charge in [-0.2, -0.15) is 0 Å². The molecule has 2 fully saturated rings. The van der Waals surface area contributed by atoms with E-state index in [1.165, 1.54) is 5.56 Å². The molecular weight excluding hydrogens is 290 g/mol. The first-order valence-corrected chi connectivity index (χ1v) is 8.50. The van der Waals surface area contributed by atoms with Crippen molar-refractivity contribution in [2.75, 3.05) is 32.7 Å². The fraction of sp³-hybridized carbons (Fsp3) is 0.588. The first-order valence-electron chi connectivity index (χ1n) is 8.50. The molecule has 2 unspecified atom stereocenters. The third kappa shape index (κ3) is 4.29. The summed E-state index contributed by atoms with van der Waals surface area (Å²) < 4.78 is 0. The quantitative estimate of drug-likeness (QED) is 0.411. The summed E-state index contributed by atoms with van der Waals surface area (Å²) in [6, 6.07) is 11.0. The van der Waals surface area contributed by atoms with Gasteiger partial charge < -0.3 is 5.32 Å². The zero-order chi connectivity index (χ0) is 16.1. The van der Waals surface area contributed by atoms with Crippen LogP contribution in [0.1, 0.15) is 18.4 Å². The smallest absolute Gasteiger partial charge is 0.251 e. The third-order valence-corrected chi connectivity index (χ3v) is 5.01. The SMILES string of the molecule is NNC(=O)C1CC(N2CCN(Cc3ccccc3)CC2)CCN1. The maximum absolute atomic E-state index is 11.7. The molecular formula is C17H27N5O. The highest BCUT2D eigenvalue weighted by molar-refractivity contribution is 5.81. The summed E-state index contributed by atoms with van der Waals surface area (Å²) in [4.78, 5) is 16.8. The number of piperidine rings is 1. The second kappa shape index (κ2) is 7.88. The minimum absolute atomic E-state index is 0.0996. The van der Waals surface area contributed by atoms with Crippen LogP contribution in [0.15, 0.2) is 30.3 Å². The third-order valence-electron chi connectivity index (χ3n) is 5.01. The number of carbonyl (C=O) groups is 1. The van der Waals surface area contributed by atoms with Crippen LogP contribution in [0.5, 0.6) is 0 Å². The number of nitrogens with two attached hydrogens (primary N) is 1. The molecule has 1 amide bonds. The highest BCUT2D eigenvalue weighted by Crippen LogP contribution is 2.18. The van der Waals surface area contributed by atoms with Crippen LogP contribution in [0.3, 0.4) is 0 Å². The van der Waals surface area contributed by atoms with Crippen molar-refractivity contribution in [3.8, 4) is 0 Å². The molecule has 0 bridgehead atoms. The molecule has 0 saturated carbocycles. The molecule has 23 heavy (non-hydrogen) atoms. The molecule has 0 aliphatic carbocycles. The molecule has 0 aromatic heterocycles. The first-order chi connectivity index (χ1) is 11.3. The van der Waals surface area contributed by atoms with Crippen molar-refractivity contribution in [3.63, 3.8) is 0 Å². The van der Waals surface area contributed by atoms with Crippen molar-refractivity contribution >= 4 is 5.91 Å². The number of piperazine rings is 1. The predicted octanol–water partition coefficient (Wildman–Crippen LogP) is -0.0853. The van der Waals surface area contributed by atoms with Gasteiger partial charge in [0, 0.05) is 38.8 Å². The van der Waals surface area contributed by atoms with Gasteiger partial charge in [-0.3, -0.25) is 20.0 Å². The molecule has 6 nitrogen and oxygen atoms in total. The van der Waals surface area contributed by atoms with Crippen LogP contribution in [0.25, 0.3) is 0 Å². The van der Waals surface area contributed by atoms with Gasteiger partial charge in [-0.05, 0) is 24.9 Å². The Balaban J connectivity index is 1.48. The molecule has 2 heterocycles. The van der Waals surface area contributed by atoms with Crippen LogP contribution in [0.2, 0.25) is 0 Å². The van der Waals surface area contributed by atoms with E-state index in [0.717, 1.165) is 52.1 Å². The highest BCUT2D eigenvalue weighted by atomic mass is 16.2. The minimum Gasteiger partial charge on any atom is -0.306 e. The maximum atomic E-state index is 11.7. The Hall–Kier alpha value is -1.47. The minimum atomic E-state index is -0.152. The fourth-order valence-corrected chi connectivity index (χ4v) is 3.66. The summed E-state index contributed by atoms with van der Waals surface area (Å²) in [6.07, 6.45) is 1.95. The van der Waals surface area contributed by atoms with Crippen molar-refractivity contribution in [2.24, 2.45) is 5.84 Å². The van der Waals surface area contributed by atoms with Crippen LogP contribution >= 0.6 is 0 Å². The standard InChI is InChI=1S/C17H27N5O/c18-20-17(23)16-12-15(6-7-19-16)22-10-8-21(9-11-22)13-14-4-2-1-3-5-14/h1-5,15-16,19H,6-13,18H2,(H,20,23). The molecule has 2 aliphatic heterocycles. The Morgan fingerprint density at radius 2 is 1.96 bits per heavy atom. The monoisotopic (exact) mass is 317 g/mol. The average molecular weight is 317 g/mol. The Morgan fingerprint density at radius 1 is 1.22 bits per heavy atom. The lowest BCUT2D eigenvalue weighted by Crippen LogP contribution is -2.57. The van der Waals surface area contributed by atoms with Crippen LogP contribution < -0.4 is 16.6 Å². The summed E-state index contributed by atoms with van der Waals surface area (Å²) in [5.74, 6) is 5.16. The molecule has 1 aromatic rings. The molecule has 0 spiro atoms. The molecule has 0 radical (unpaired) electrons. The van der Waals surface area contributed by atoms with Gasteiger partial charge in [-0.1, -0.05) is 30.3 Å². The predicted molar refractivity (Wildman–Crippen MR) is 90.4 cm³/mol. The van der Waals surface area contributed by atoms with Gasteiger partial charge in [0.1, 0.15) is 0 Å². The van der Waals surface area contributed by atoms with Crippen molar-refractivity contribution in [3.05, 3.63) is 35.9 Å².